The largest absolute Gasteiger partial charge is 0.456 e. The van der Waals surface area contributed by atoms with Crippen molar-refractivity contribution in [2.45, 2.75) is 98.1 Å². The molecular weight excluding hydrogens is 617 g/mol. The van der Waals surface area contributed by atoms with E-state index in [1.165, 1.54) is 16.7 Å². The molecule has 4 aromatic carbocycles. The van der Waals surface area contributed by atoms with E-state index in [0.29, 0.717) is 17.6 Å². The zero-order chi connectivity index (χ0) is 35.5. The molecule has 0 saturated carbocycles. The first-order chi connectivity index (χ1) is 23.4. The average Bonchev–Trinajstić information content (AvgIpc) is 3.63. The van der Waals surface area contributed by atoms with E-state index in [4.69, 9.17) is 24.4 Å². The number of hydrogen-bond donors (Lipinski definition) is 0. The van der Waals surface area contributed by atoms with Crippen LogP contribution >= 0.6 is 0 Å². The summed E-state index contributed by atoms with van der Waals surface area (Å²) in [6.07, 6.45) is 0. The highest BCUT2D eigenvalue weighted by Gasteiger charge is 2.54. The SMILES string of the molecule is Cc1ccc2c(c1)oc1cc3nc4n(c3cc12)C(C)(C)C(C)(C)N4c1nc(-c2ccc(C(C)(C)C)cc2)nc(-c2ccc(C(C)(C)C)cc2)n1. The Morgan fingerprint density at radius 1 is 0.580 bits per heavy atom. The van der Waals surface area contributed by atoms with Crippen LogP contribution in [0.3, 0.4) is 0 Å². The second-order valence-electron chi connectivity index (χ2n) is 17.1. The third-order valence-electron chi connectivity index (χ3n) is 11.0. The van der Waals surface area contributed by atoms with E-state index in [1.54, 1.807) is 0 Å². The van der Waals surface area contributed by atoms with Gasteiger partial charge in [0.05, 0.1) is 22.1 Å². The second-order valence-corrected chi connectivity index (χ2v) is 17.1. The summed E-state index contributed by atoms with van der Waals surface area (Å²) in [5.41, 5.74) is 8.51. The van der Waals surface area contributed by atoms with E-state index in [2.05, 4.69) is 164 Å². The van der Waals surface area contributed by atoms with Crippen LogP contribution in [0.15, 0.2) is 83.3 Å². The Morgan fingerprint density at radius 3 is 1.66 bits per heavy atom. The molecule has 0 bridgehead atoms. The van der Waals surface area contributed by atoms with E-state index >= 15 is 0 Å². The molecule has 8 rings (SSSR count). The quantitative estimate of drug-likeness (QED) is 0.187. The maximum Gasteiger partial charge on any atom is 0.237 e. The van der Waals surface area contributed by atoms with Crippen LogP contribution in [0.4, 0.5) is 11.9 Å². The smallest absolute Gasteiger partial charge is 0.237 e. The second kappa shape index (κ2) is 10.5. The van der Waals surface area contributed by atoms with Gasteiger partial charge in [-0.25, -0.2) is 9.97 Å². The first-order valence-corrected chi connectivity index (χ1v) is 17.6. The molecule has 0 fully saturated rings. The van der Waals surface area contributed by atoms with Crippen molar-refractivity contribution in [3.8, 4) is 22.8 Å². The lowest BCUT2D eigenvalue weighted by Gasteiger charge is -2.40. The van der Waals surface area contributed by atoms with Gasteiger partial charge < -0.3 is 8.98 Å². The van der Waals surface area contributed by atoms with Gasteiger partial charge in [-0.2, -0.15) is 9.97 Å². The van der Waals surface area contributed by atoms with Crippen LogP contribution in [0.1, 0.15) is 85.9 Å². The third kappa shape index (κ3) is 4.84. The maximum atomic E-state index is 6.34. The summed E-state index contributed by atoms with van der Waals surface area (Å²) in [5, 5.41) is 2.20. The van der Waals surface area contributed by atoms with Crippen LogP contribution < -0.4 is 4.90 Å². The fourth-order valence-electron chi connectivity index (χ4n) is 7.24. The minimum Gasteiger partial charge on any atom is -0.456 e. The van der Waals surface area contributed by atoms with Gasteiger partial charge in [0.1, 0.15) is 11.2 Å². The number of hydrogen-bond acceptors (Lipinski definition) is 6. The molecule has 0 radical (unpaired) electrons. The highest BCUT2D eigenvalue weighted by atomic mass is 16.3. The number of anilines is 2. The van der Waals surface area contributed by atoms with Gasteiger partial charge in [0.2, 0.25) is 11.9 Å². The molecule has 0 saturated heterocycles. The average molecular weight is 663 g/mol. The summed E-state index contributed by atoms with van der Waals surface area (Å²) in [6.45, 7) is 24.5. The van der Waals surface area contributed by atoms with Crippen molar-refractivity contribution in [3.05, 3.63) is 95.6 Å². The Kier molecular flexibility index (Phi) is 6.75. The summed E-state index contributed by atoms with van der Waals surface area (Å²) in [6, 6.07) is 27.9. The van der Waals surface area contributed by atoms with E-state index in [9.17, 15) is 0 Å². The number of imidazole rings is 1. The number of rotatable bonds is 3. The molecule has 0 spiro atoms. The zero-order valence-electron chi connectivity index (χ0n) is 31.1. The van der Waals surface area contributed by atoms with Crippen LogP contribution in [0.5, 0.6) is 0 Å². The molecule has 50 heavy (non-hydrogen) atoms. The molecule has 0 atom stereocenters. The lowest BCUT2D eigenvalue weighted by molar-refractivity contribution is 0.251. The Balaban J connectivity index is 1.34. The molecule has 1 aliphatic heterocycles. The van der Waals surface area contributed by atoms with Gasteiger partial charge >= 0.3 is 0 Å². The predicted octanol–water partition coefficient (Wildman–Crippen LogP) is 11.0. The molecule has 1 aliphatic rings. The Morgan fingerprint density at radius 2 is 1.12 bits per heavy atom. The lowest BCUT2D eigenvalue weighted by atomic mass is 9.82. The molecule has 254 valence electrons. The van der Waals surface area contributed by atoms with Crippen molar-refractivity contribution < 1.29 is 4.42 Å². The van der Waals surface area contributed by atoms with Gasteiger partial charge in [-0.3, -0.25) is 4.90 Å². The summed E-state index contributed by atoms with van der Waals surface area (Å²) in [7, 11) is 0. The number of furan rings is 1. The van der Waals surface area contributed by atoms with E-state index in [0.717, 1.165) is 50.0 Å². The third-order valence-corrected chi connectivity index (χ3v) is 11.0. The molecule has 0 aliphatic carbocycles. The predicted molar refractivity (Wildman–Crippen MR) is 205 cm³/mol. The minimum atomic E-state index is -0.448. The zero-order valence-corrected chi connectivity index (χ0v) is 31.1. The van der Waals surface area contributed by atoms with Crippen molar-refractivity contribution >= 4 is 44.9 Å². The number of nitrogens with zero attached hydrogens (tertiary/aromatic N) is 6. The Bertz CT molecular complexity index is 2370. The van der Waals surface area contributed by atoms with Gasteiger partial charge in [-0.1, -0.05) is 102 Å². The maximum absolute atomic E-state index is 6.34. The first-order valence-electron chi connectivity index (χ1n) is 17.6. The van der Waals surface area contributed by atoms with Crippen LogP contribution in [0, 0.1) is 6.92 Å². The molecule has 0 amide bonds. The van der Waals surface area contributed by atoms with Crippen LogP contribution in [-0.4, -0.2) is 30.0 Å². The van der Waals surface area contributed by atoms with Crippen molar-refractivity contribution in [3.63, 3.8) is 0 Å². The normalized spacial score (nSPS) is 15.8. The fraction of sp³-hybridized carbons (Fsp3) is 0.349. The summed E-state index contributed by atoms with van der Waals surface area (Å²) < 4.78 is 8.69. The van der Waals surface area contributed by atoms with Gasteiger partial charge in [0.25, 0.3) is 0 Å². The Hall–Kier alpha value is -5.04. The number of aryl methyl sites for hydroxylation is 1. The molecule has 7 heteroatoms. The molecule has 0 unspecified atom stereocenters. The van der Waals surface area contributed by atoms with Crippen LogP contribution in [0.25, 0.3) is 55.7 Å². The molecular formula is C43H46N6O. The van der Waals surface area contributed by atoms with E-state index in [-0.39, 0.29) is 16.4 Å². The molecule has 7 nitrogen and oxygen atoms in total. The van der Waals surface area contributed by atoms with E-state index < -0.39 is 5.54 Å². The number of aromatic nitrogens is 5. The monoisotopic (exact) mass is 662 g/mol. The highest BCUT2D eigenvalue weighted by Crippen LogP contribution is 2.51. The van der Waals surface area contributed by atoms with Gasteiger partial charge in [-0.05, 0) is 74.3 Å². The van der Waals surface area contributed by atoms with Crippen molar-refractivity contribution in [2.75, 3.05) is 4.90 Å². The topological polar surface area (TPSA) is 72.9 Å². The van der Waals surface area contributed by atoms with Crippen LogP contribution in [0.2, 0.25) is 0 Å². The van der Waals surface area contributed by atoms with E-state index in [1.807, 2.05) is 0 Å². The Labute approximate surface area is 294 Å². The lowest BCUT2D eigenvalue weighted by Crippen LogP contribution is -2.51. The van der Waals surface area contributed by atoms with Gasteiger partial charge in [-0.15, -0.1) is 0 Å². The summed E-state index contributed by atoms with van der Waals surface area (Å²) in [4.78, 5) is 23.0. The molecule has 4 heterocycles. The minimum absolute atomic E-state index is 0.0409. The first kappa shape index (κ1) is 32.2. The molecule has 3 aromatic heterocycles. The molecule has 0 N–H and O–H groups in total. The number of benzene rings is 4. The van der Waals surface area contributed by atoms with Crippen molar-refractivity contribution in [1.82, 2.24) is 24.5 Å². The van der Waals surface area contributed by atoms with Crippen LogP contribution in [-0.2, 0) is 16.4 Å². The van der Waals surface area contributed by atoms with Gasteiger partial charge in [0, 0.05) is 28.0 Å². The molecule has 7 aromatic rings. The highest BCUT2D eigenvalue weighted by molar-refractivity contribution is 6.09. The summed E-state index contributed by atoms with van der Waals surface area (Å²) in [5.74, 6) is 2.64. The van der Waals surface area contributed by atoms with Crippen molar-refractivity contribution in [1.29, 1.82) is 0 Å². The number of fused-ring (bicyclic) bond motifs is 6. The summed E-state index contributed by atoms with van der Waals surface area (Å²) >= 11 is 0. The van der Waals surface area contributed by atoms with Gasteiger partial charge in [0.15, 0.2) is 11.6 Å². The van der Waals surface area contributed by atoms with Crippen molar-refractivity contribution in [2.24, 2.45) is 0 Å². The standard InChI is InChI=1S/C43H46N6O/c1-25-12-21-30-31-23-33-32(24-35(31)50-34(30)22-25)44-39-48(33)42(8,9)43(10,11)49(39)38-46-36(26-13-17-28(18-14-26)40(2,3)4)45-37(47-38)27-15-19-29(20-16-27)41(5,6)7/h12-24H,1-11H3. The fourth-order valence-corrected chi connectivity index (χ4v) is 7.24.